The van der Waals surface area contributed by atoms with Crippen LogP contribution in [0.25, 0.3) is 0 Å². The molecule has 4 nitrogen and oxygen atoms in total. The zero-order valence-electron chi connectivity index (χ0n) is 11.8. The Morgan fingerprint density at radius 2 is 2.12 bits per heavy atom. The van der Waals surface area contributed by atoms with Crippen molar-refractivity contribution in [3.8, 4) is 0 Å². The molecule has 0 amide bonds. The minimum absolute atomic E-state index is 0.547. The van der Waals surface area contributed by atoms with E-state index in [0.717, 1.165) is 25.3 Å². The second kappa shape index (κ2) is 6.77. The van der Waals surface area contributed by atoms with E-state index in [0.29, 0.717) is 12.0 Å². The third kappa shape index (κ3) is 4.88. The van der Waals surface area contributed by atoms with Gasteiger partial charge in [0.1, 0.15) is 5.82 Å². The first-order valence-corrected chi connectivity index (χ1v) is 6.35. The Kier molecular flexibility index (Phi) is 5.65. The number of aromatic nitrogens is 2. The van der Waals surface area contributed by atoms with Crippen LogP contribution in [0.4, 0.5) is 0 Å². The summed E-state index contributed by atoms with van der Waals surface area (Å²) in [5.41, 5.74) is 0. The summed E-state index contributed by atoms with van der Waals surface area (Å²) in [6, 6.07) is 0.547. The lowest BCUT2D eigenvalue weighted by atomic mass is 10.0. The summed E-state index contributed by atoms with van der Waals surface area (Å²) in [6.07, 6.45) is 4.84. The fourth-order valence-corrected chi connectivity index (χ4v) is 1.91. The van der Waals surface area contributed by atoms with Crippen LogP contribution < -0.4 is 5.32 Å². The molecule has 0 saturated heterocycles. The second-order valence-electron chi connectivity index (χ2n) is 5.27. The number of rotatable bonds is 7. The Bertz CT molecular complexity index is 317. The van der Waals surface area contributed by atoms with Crippen molar-refractivity contribution in [2.75, 3.05) is 27.2 Å². The van der Waals surface area contributed by atoms with Gasteiger partial charge in [0.05, 0.1) is 0 Å². The Morgan fingerprint density at radius 1 is 1.41 bits per heavy atom. The van der Waals surface area contributed by atoms with Gasteiger partial charge in [-0.05, 0) is 20.0 Å². The highest BCUT2D eigenvalue weighted by Gasteiger charge is 2.13. The molecule has 0 spiro atoms. The van der Waals surface area contributed by atoms with Gasteiger partial charge in [-0.3, -0.25) is 0 Å². The molecule has 1 heterocycles. The fraction of sp³-hybridized carbons (Fsp3) is 0.769. The molecule has 1 rings (SSSR count). The minimum Gasteiger partial charge on any atom is -0.338 e. The van der Waals surface area contributed by atoms with Crippen molar-refractivity contribution in [3.05, 3.63) is 18.2 Å². The highest BCUT2D eigenvalue weighted by atomic mass is 15.1. The number of aryl methyl sites for hydroxylation is 1. The molecule has 0 saturated carbocycles. The average Bonchev–Trinajstić information content (AvgIpc) is 2.62. The van der Waals surface area contributed by atoms with Crippen LogP contribution in [0.5, 0.6) is 0 Å². The van der Waals surface area contributed by atoms with Crippen LogP contribution in [0, 0.1) is 5.92 Å². The van der Waals surface area contributed by atoms with Gasteiger partial charge >= 0.3 is 0 Å². The van der Waals surface area contributed by atoms with E-state index in [1.165, 1.54) is 0 Å². The molecule has 0 aliphatic heterocycles. The van der Waals surface area contributed by atoms with E-state index in [2.05, 4.69) is 47.7 Å². The zero-order chi connectivity index (χ0) is 12.8. The quantitative estimate of drug-likeness (QED) is 0.773. The van der Waals surface area contributed by atoms with Gasteiger partial charge in [0.25, 0.3) is 0 Å². The summed E-state index contributed by atoms with van der Waals surface area (Å²) in [7, 11) is 6.29. The molecule has 1 aromatic heterocycles. The van der Waals surface area contributed by atoms with E-state index >= 15 is 0 Å². The number of likely N-dealkylation sites (N-methyl/N-ethyl adjacent to an activating group) is 1. The largest absolute Gasteiger partial charge is 0.338 e. The third-order valence-electron chi connectivity index (χ3n) is 3.04. The third-order valence-corrected chi connectivity index (χ3v) is 3.04. The maximum atomic E-state index is 4.33. The van der Waals surface area contributed by atoms with Gasteiger partial charge in [0.15, 0.2) is 0 Å². The van der Waals surface area contributed by atoms with Gasteiger partial charge in [-0.2, -0.15) is 0 Å². The summed E-state index contributed by atoms with van der Waals surface area (Å²) >= 11 is 0. The van der Waals surface area contributed by atoms with Crippen molar-refractivity contribution in [3.63, 3.8) is 0 Å². The first kappa shape index (κ1) is 14.2. The topological polar surface area (TPSA) is 33.1 Å². The van der Waals surface area contributed by atoms with Gasteiger partial charge in [0.2, 0.25) is 0 Å². The number of hydrogen-bond donors (Lipinski definition) is 1. The van der Waals surface area contributed by atoms with Gasteiger partial charge in [-0.25, -0.2) is 4.98 Å². The van der Waals surface area contributed by atoms with Crippen LogP contribution in [0.15, 0.2) is 12.4 Å². The Labute approximate surface area is 105 Å². The molecule has 0 aliphatic carbocycles. The van der Waals surface area contributed by atoms with Crippen LogP contribution in [0.1, 0.15) is 19.7 Å². The van der Waals surface area contributed by atoms with E-state index in [-0.39, 0.29) is 0 Å². The molecule has 1 N–H and O–H groups in total. The summed E-state index contributed by atoms with van der Waals surface area (Å²) in [4.78, 5) is 6.57. The predicted octanol–water partition coefficient (Wildman–Crippen LogP) is 1.14. The lowest BCUT2D eigenvalue weighted by molar-refractivity contribution is 0.290. The van der Waals surface area contributed by atoms with E-state index in [9.17, 15) is 0 Å². The number of imidazole rings is 1. The van der Waals surface area contributed by atoms with E-state index in [4.69, 9.17) is 0 Å². The van der Waals surface area contributed by atoms with Crippen molar-refractivity contribution in [1.82, 2.24) is 19.8 Å². The first-order chi connectivity index (χ1) is 8.00. The standard InChI is InChI=1S/C13H26N4/c1-11(2)12(10-16(3)4)14-7-6-13-15-8-9-17(13)5/h8-9,11-12,14H,6-7,10H2,1-5H3. The highest BCUT2D eigenvalue weighted by molar-refractivity contribution is 4.92. The van der Waals surface area contributed by atoms with E-state index < -0.39 is 0 Å². The molecule has 0 radical (unpaired) electrons. The molecule has 0 aromatic carbocycles. The summed E-state index contributed by atoms with van der Waals surface area (Å²) in [5, 5.41) is 3.62. The van der Waals surface area contributed by atoms with Crippen molar-refractivity contribution in [2.24, 2.45) is 13.0 Å². The Hall–Kier alpha value is -0.870. The Morgan fingerprint density at radius 3 is 2.59 bits per heavy atom. The zero-order valence-corrected chi connectivity index (χ0v) is 11.8. The molecule has 1 aromatic rings. The van der Waals surface area contributed by atoms with Crippen LogP contribution in [0.2, 0.25) is 0 Å². The molecule has 4 heteroatoms. The van der Waals surface area contributed by atoms with Crippen LogP contribution in [0.3, 0.4) is 0 Å². The molecule has 1 atom stereocenters. The van der Waals surface area contributed by atoms with Crippen LogP contribution >= 0.6 is 0 Å². The summed E-state index contributed by atoms with van der Waals surface area (Å²) in [5.74, 6) is 1.80. The molecular formula is C13H26N4. The van der Waals surface area contributed by atoms with Gasteiger partial charge in [0, 0.05) is 45.0 Å². The van der Waals surface area contributed by atoms with Crippen LogP contribution in [-0.2, 0) is 13.5 Å². The normalized spacial score (nSPS) is 13.6. The lowest BCUT2D eigenvalue weighted by Gasteiger charge is -2.25. The monoisotopic (exact) mass is 238 g/mol. The van der Waals surface area contributed by atoms with Crippen molar-refractivity contribution >= 4 is 0 Å². The van der Waals surface area contributed by atoms with Gasteiger partial charge in [-0.15, -0.1) is 0 Å². The second-order valence-corrected chi connectivity index (χ2v) is 5.27. The number of nitrogens with one attached hydrogen (secondary N) is 1. The highest BCUT2D eigenvalue weighted by Crippen LogP contribution is 2.03. The maximum Gasteiger partial charge on any atom is 0.109 e. The summed E-state index contributed by atoms with van der Waals surface area (Å²) < 4.78 is 2.08. The summed E-state index contributed by atoms with van der Waals surface area (Å²) in [6.45, 7) is 6.60. The molecule has 1 unspecified atom stereocenters. The molecule has 0 fully saturated rings. The van der Waals surface area contributed by atoms with E-state index in [1.54, 1.807) is 0 Å². The average molecular weight is 238 g/mol. The minimum atomic E-state index is 0.547. The first-order valence-electron chi connectivity index (χ1n) is 6.35. The van der Waals surface area contributed by atoms with Crippen molar-refractivity contribution in [1.29, 1.82) is 0 Å². The Balaban J connectivity index is 2.34. The van der Waals surface area contributed by atoms with Crippen molar-refractivity contribution in [2.45, 2.75) is 26.3 Å². The van der Waals surface area contributed by atoms with Crippen molar-refractivity contribution < 1.29 is 0 Å². The SMILES string of the molecule is CC(C)C(CN(C)C)NCCc1nccn1C. The fourth-order valence-electron chi connectivity index (χ4n) is 1.91. The predicted molar refractivity (Wildman–Crippen MR) is 72.1 cm³/mol. The smallest absolute Gasteiger partial charge is 0.109 e. The molecule has 17 heavy (non-hydrogen) atoms. The van der Waals surface area contributed by atoms with E-state index in [1.807, 2.05) is 19.4 Å². The van der Waals surface area contributed by atoms with Crippen LogP contribution in [-0.4, -0.2) is 47.7 Å². The molecule has 0 bridgehead atoms. The van der Waals surface area contributed by atoms with Gasteiger partial charge < -0.3 is 14.8 Å². The maximum absolute atomic E-state index is 4.33. The number of nitrogens with zero attached hydrogens (tertiary/aromatic N) is 3. The van der Waals surface area contributed by atoms with Gasteiger partial charge in [-0.1, -0.05) is 13.8 Å². The molecular weight excluding hydrogens is 212 g/mol. The molecule has 0 aliphatic rings. The molecule has 98 valence electrons. The number of hydrogen-bond acceptors (Lipinski definition) is 3. The lowest BCUT2D eigenvalue weighted by Crippen LogP contribution is -2.42.